The lowest BCUT2D eigenvalue weighted by Crippen LogP contribution is -2.36. The van der Waals surface area contributed by atoms with E-state index in [2.05, 4.69) is 23.1 Å². The SMILES string of the molecule is COc1ccc(C2=CC(=O)N3C=C(C4=CCN(CCO)CC4)C=CC3P2)cc1OC. The number of benzene rings is 1. The Balaban J connectivity index is 1.53. The Morgan fingerprint density at radius 3 is 2.77 bits per heavy atom. The van der Waals surface area contributed by atoms with Gasteiger partial charge in [0, 0.05) is 31.9 Å². The van der Waals surface area contributed by atoms with Crippen molar-refractivity contribution >= 4 is 19.8 Å². The summed E-state index contributed by atoms with van der Waals surface area (Å²) in [6.07, 6.45) is 11.2. The van der Waals surface area contributed by atoms with Crippen molar-refractivity contribution in [3.8, 4) is 11.5 Å². The van der Waals surface area contributed by atoms with Crippen molar-refractivity contribution in [1.82, 2.24) is 9.80 Å². The second kappa shape index (κ2) is 9.17. The molecule has 0 fully saturated rings. The Morgan fingerprint density at radius 1 is 1.23 bits per heavy atom. The van der Waals surface area contributed by atoms with Crippen LogP contribution in [0.4, 0.5) is 0 Å². The number of methoxy groups -OCH3 is 2. The number of allylic oxidation sites excluding steroid dienone is 2. The number of aliphatic hydroxyl groups excluding tert-OH is 1. The summed E-state index contributed by atoms with van der Waals surface area (Å²) in [7, 11) is 3.69. The molecule has 1 aromatic rings. The molecule has 1 aromatic carbocycles. The van der Waals surface area contributed by atoms with Gasteiger partial charge in [0.25, 0.3) is 5.91 Å². The van der Waals surface area contributed by atoms with Crippen LogP contribution in [0.25, 0.3) is 5.31 Å². The minimum atomic E-state index is 0.00343. The number of carbonyl (C=O) groups excluding carboxylic acids is 1. The molecule has 0 aromatic heterocycles. The third kappa shape index (κ3) is 4.22. The Labute approximate surface area is 178 Å². The molecule has 3 aliphatic rings. The Kier molecular flexibility index (Phi) is 6.38. The van der Waals surface area contributed by atoms with Crippen molar-refractivity contribution < 1.29 is 19.4 Å². The highest BCUT2D eigenvalue weighted by atomic mass is 31.1. The summed E-state index contributed by atoms with van der Waals surface area (Å²) < 4.78 is 10.7. The first-order chi connectivity index (χ1) is 14.6. The van der Waals surface area contributed by atoms with Crippen molar-refractivity contribution in [2.24, 2.45) is 0 Å². The summed E-state index contributed by atoms with van der Waals surface area (Å²) in [5.74, 6) is 1.39. The van der Waals surface area contributed by atoms with Crippen LogP contribution in [0, 0.1) is 0 Å². The second-order valence-corrected chi connectivity index (χ2v) is 8.83. The number of β-amino-alcohol motifs (C(OH)–C–C–N with tert-alkyl or cyclic N) is 1. The number of ether oxygens (including phenoxy) is 2. The highest BCUT2D eigenvalue weighted by molar-refractivity contribution is 7.51. The standard InChI is InChI=1S/C23H27N2O4P/c1-28-19-5-3-17(13-20(19)29-2)21-14-22(27)25-15-18(4-6-23(25)30-21)16-7-9-24(10-8-16)11-12-26/h3-7,13-15,23,26,30H,8-12H2,1-2H3. The normalized spacial score (nSPS) is 22.4. The van der Waals surface area contributed by atoms with E-state index in [1.807, 2.05) is 29.3 Å². The van der Waals surface area contributed by atoms with E-state index >= 15 is 0 Å². The number of hydrogen-bond acceptors (Lipinski definition) is 5. The lowest BCUT2D eigenvalue weighted by atomic mass is 9.98. The van der Waals surface area contributed by atoms with Gasteiger partial charge < -0.3 is 19.5 Å². The molecule has 3 aliphatic heterocycles. The average Bonchev–Trinajstić information content (AvgIpc) is 2.79. The number of amides is 1. The third-order valence-corrected chi connectivity index (χ3v) is 7.15. The lowest BCUT2D eigenvalue weighted by molar-refractivity contribution is -0.123. The molecule has 1 N–H and O–H groups in total. The number of aliphatic hydroxyl groups is 1. The summed E-state index contributed by atoms with van der Waals surface area (Å²) >= 11 is 0. The number of hydrogen-bond donors (Lipinski definition) is 1. The van der Waals surface area contributed by atoms with Gasteiger partial charge in [-0.05, 0) is 40.6 Å². The molecule has 0 saturated heterocycles. The maximum Gasteiger partial charge on any atom is 0.252 e. The van der Waals surface area contributed by atoms with Gasteiger partial charge in [-0.15, -0.1) is 0 Å². The predicted octanol–water partition coefficient (Wildman–Crippen LogP) is 2.97. The van der Waals surface area contributed by atoms with Gasteiger partial charge >= 0.3 is 0 Å². The van der Waals surface area contributed by atoms with E-state index in [-0.39, 0.29) is 18.3 Å². The van der Waals surface area contributed by atoms with Gasteiger partial charge in [0.15, 0.2) is 11.5 Å². The van der Waals surface area contributed by atoms with Crippen LogP contribution in [0.1, 0.15) is 12.0 Å². The van der Waals surface area contributed by atoms with E-state index in [0.29, 0.717) is 26.6 Å². The maximum atomic E-state index is 12.9. The van der Waals surface area contributed by atoms with Crippen LogP contribution >= 0.6 is 8.58 Å². The molecule has 0 bridgehead atoms. The topological polar surface area (TPSA) is 62.2 Å². The first kappa shape index (κ1) is 20.9. The molecule has 2 atom stereocenters. The molecule has 0 saturated carbocycles. The van der Waals surface area contributed by atoms with Crippen molar-refractivity contribution in [1.29, 1.82) is 0 Å². The first-order valence-corrected chi connectivity index (χ1v) is 11.2. The van der Waals surface area contributed by atoms with Crippen LogP contribution in [0.3, 0.4) is 0 Å². The zero-order chi connectivity index (χ0) is 21.1. The number of rotatable bonds is 6. The quantitative estimate of drug-likeness (QED) is 0.709. The van der Waals surface area contributed by atoms with Crippen molar-refractivity contribution in [2.75, 3.05) is 40.5 Å². The summed E-state index contributed by atoms with van der Waals surface area (Å²) in [6.45, 7) is 2.66. The number of carbonyl (C=O) groups is 1. The van der Waals surface area contributed by atoms with E-state index in [1.165, 1.54) is 5.57 Å². The molecule has 4 rings (SSSR count). The largest absolute Gasteiger partial charge is 0.493 e. The van der Waals surface area contributed by atoms with E-state index in [4.69, 9.17) is 14.6 Å². The van der Waals surface area contributed by atoms with Crippen molar-refractivity contribution in [3.05, 3.63) is 65.4 Å². The van der Waals surface area contributed by atoms with Gasteiger partial charge in [0.1, 0.15) is 0 Å². The highest BCUT2D eigenvalue weighted by Crippen LogP contribution is 2.46. The predicted molar refractivity (Wildman–Crippen MR) is 120 cm³/mol. The third-order valence-electron chi connectivity index (χ3n) is 5.64. The van der Waals surface area contributed by atoms with Crippen LogP contribution in [0.5, 0.6) is 11.5 Å². The van der Waals surface area contributed by atoms with E-state index in [1.54, 1.807) is 20.3 Å². The maximum absolute atomic E-state index is 12.9. The molecular weight excluding hydrogens is 399 g/mol. The molecule has 6 nitrogen and oxygen atoms in total. The fourth-order valence-electron chi connectivity index (χ4n) is 3.96. The smallest absolute Gasteiger partial charge is 0.252 e. The summed E-state index contributed by atoms with van der Waals surface area (Å²) in [4.78, 5) is 17.0. The minimum Gasteiger partial charge on any atom is -0.493 e. The number of fused-ring (bicyclic) bond motifs is 1. The highest BCUT2D eigenvalue weighted by Gasteiger charge is 2.29. The van der Waals surface area contributed by atoms with Gasteiger partial charge in [-0.3, -0.25) is 9.69 Å². The van der Waals surface area contributed by atoms with Gasteiger partial charge in [0.2, 0.25) is 0 Å². The molecule has 158 valence electrons. The Bertz CT molecular complexity index is 951. The molecule has 1 amide bonds. The zero-order valence-corrected chi connectivity index (χ0v) is 18.3. The van der Waals surface area contributed by atoms with Gasteiger partial charge in [-0.1, -0.05) is 32.9 Å². The molecular formula is C23H27N2O4P. The van der Waals surface area contributed by atoms with E-state index in [9.17, 15) is 4.79 Å². The molecule has 3 heterocycles. The van der Waals surface area contributed by atoms with Gasteiger partial charge in [-0.25, -0.2) is 0 Å². The van der Waals surface area contributed by atoms with Crippen molar-refractivity contribution in [3.63, 3.8) is 0 Å². The van der Waals surface area contributed by atoms with Crippen LogP contribution in [0.2, 0.25) is 0 Å². The molecule has 2 unspecified atom stereocenters. The summed E-state index contributed by atoms with van der Waals surface area (Å²) in [5, 5.41) is 10.1. The average molecular weight is 426 g/mol. The lowest BCUT2D eigenvalue weighted by Gasteiger charge is -2.35. The minimum absolute atomic E-state index is 0.00343. The second-order valence-electron chi connectivity index (χ2n) is 7.41. The Morgan fingerprint density at radius 2 is 2.07 bits per heavy atom. The van der Waals surface area contributed by atoms with E-state index in [0.717, 1.165) is 36.0 Å². The van der Waals surface area contributed by atoms with Crippen LogP contribution in [-0.2, 0) is 4.79 Å². The zero-order valence-electron chi connectivity index (χ0n) is 17.3. The van der Waals surface area contributed by atoms with Crippen LogP contribution in [0.15, 0.2) is 59.8 Å². The number of nitrogens with zero attached hydrogens (tertiary/aromatic N) is 2. The molecule has 0 radical (unpaired) electrons. The fourth-order valence-corrected chi connectivity index (χ4v) is 5.34. The van der Waals surface area contributed by atoms with Gasteiger partial charge in [-0.2, -0.15) is 0 Å². The first-order valence-electron chi connectivity index (χ1n) is 10.1. The summed E-state index contributed by atoms with van der Waals surface area (Å²) in [6, 6.07) is 5.78. The van der Waals surface area contributed by atoms with E-state index < -0.39 is 0 Å². The monoisotopic (exact) mass is 426 g/mol. The van der Waals surface area contributed by atoms with Gasteiger partial charge in [0.05, 0.1) is 26.6 Å². The Hall–Kier alpha value is -2.40. The summed E-state index contributed by atoms with van der Waals surface area (Å²) in [5.41, 5.74) is 3.36. The van der Waals surface area contributed by atoms with Crippen molar-refractivity contribution in [2.45, 2.75) is 12.2 Å². The molecule has 7 heteroatoms. The molecule has 0 aliphatic carbocycles. The van der Waals surface area contributed by atoms with Crippen LogP contribution < -0.4 is 9.47 Å². The molecule has 30 heavy (non-hydrogen) atoms. The fraction of sp³-hybridized carbons (Fsp3) is 0.348. The van der Waals surface area contributed by atoms with Crippen LogP contribution in [-0.4, -0.2) is 67.1 Å². The molecule has 0 spiro atoms.